The van der Waals surface area contributed by atoms with Crippen LogP contribution in [0.3, 0.4) is 0 Å². The Hall–Kier alpha value is -3.81. The molecule has 0 bridgehead atoms. The van der Waals surface area contributed by atoms with E-state index in [-0.39, 0.29) is 30.3 Å². The molecule has 1 aliphatic rings. The number of hydrogen-bond donors (Lipinski definition) is 1. The highest BCUT2D eigenvalue weighted by Gasteiger charge is 2.37. The summed E-state index contributed by atoms with van der Waals surface area (Å²) in [6.07, 6.45) is 6.45. The van der Waals surface area contributed by atoms with Gasteiger partial charge in [-0.05, 0) is 64.0 Å². The topological polar surface area (TPSA) is 108 Å². The number of carbonyl (C=O) groups is 3. The van der Waals surface area contributed by atoms with Gasteiger partial charge in [0.2, 0.25) is 0 Å². The third kappa shape index (κ3) is 7.43. The van der Waals surface area contributed by atoms with Gasteiger partial charge in [-0.2, -0.15) is 0 Å². The van der Waals surface area contributed by atoms with E-state index in [9.17, 15) is 19.5 Å². The number of Topliss-reactive ketones (excluding diaryl/α,β-unsaturated/α-hetero) is 2. The van der Waals surface area contributed by atoms with Gasteiger partial charge in [0.1, 0.15) is 28.6 Å². The molecule has 0 saturated carbocycles. The number of carbonyl (C=O) groups excluding carboxylic acids is 3. The fourth-order valence-electron chi connectivity index (χ4n) is 4.73. The summed E-state index contributed by atoms with van der Waals surface area (Å²) < 4.78 is 23.4. The van der Waals surface area contributed by atoms with Gasteiger partial charge in [0.25, 0.3) is 0 Å². The van der Waals surface area contributed by atoms with Crippen LogP contribution in [0.2, 0.25) is 0 Å². The molecular formula is C32H40O8. The second-order valence-corrected chi connectivity index (χ2v) is 10.1. The van der Waals surface area contributed by atoms with Gasteiger partial charge >= 0.3 is 5.97 Å². The Bertz CT molecular complexity index is 1260. The van der Waals surface area contributed by atoms with Gasteiger partial charge in [0.05, 0.1) is 37.4 Å². The van der Waals surface area contributed by atoms with E-state index in [1.165, 1.54) is 13.0 Å². The summed E-state index contributed by atoms with van der Waals surface area (Å²) in [7, 11) is 0. The Morgan fingerprint density at radius 3 is 2.25 bits per heavy atom. The van der Waals surface area contributed by atoms with Crippen LogP contribution in [-0.2, 0) is 22.4 Å². The van der Waals surface area contributed by atoms with E-state index in [2.05, 4.69) is 0 Å². The first-order valence-electron chi connectivity index (χ1n) is 14.0. The van der Waals surface area contributed by atoms with E-state index >= 15 is 0 Å². The normalized spacial score (nSPS) is 16.4. The molecule has 216 valence electrons. The number of ether oxygens (including phenoxy) is 4. The minimum atomic E-state index is -0.981. The van der Waals surface area contributed by atoms with Crippen molar-refractivity contribution in [2.45, 2.75) is 78.7 Å². The first-order valence-corrected chi connectivity index (χ1v) is 14.0. The quantitative estimate of drug-likeness (QED) is 0.128. The van der Waals surface area contributed by atoms with Crippen LogP contribution in [0, 0.1) is 0 Å². The molecule has 1 heterocycles. The zero-order valence-electron chi connectivity index (χ0n) is 24.1. The molecule has 0 radical (unpaired) electrons. The number of phenolic OH excluding ortho intramolecular Hbond substituents is 1. The molecule has 8 heteroatoms. The van der Waals surface area contributed by atoms with E-state index < -0.39 is 11.6 Å². The van der Waals surface area contributed by atoms with Crippen molar-refractivity contribution in [2.24, 2.45) is 0 Å². The van der Waals surface area contributed by atoms with Crippen LogP contribution in [0.4, 0.5) is 0 Å². The fraction of sp³-hybridized carbons (Fsp3) is 0.469. The number of hydrogen-bond acceptors (Lipinski definition) is 8. The average Bonchev–Trinajstić information content (AvgIpc) is 2.90. The lowest BCUT2D eigenvalue weighted by atomic mass is 9.89. The molecule has 1 unspecified atom stereocenters. The van der Waals surface area contributed by atoms with Gasteiger partial charge in [-0.1, -0.05) is 26.7 Å². The van der Waals surface area contributed by atoms with E-state index in [1.54, 1.807) is 44.2 Å². The van der Waals surface area contributed by atoms with Crippen molar-refractivity contribution >= 4 is 17.5 Å². The molecule has 0 aromatic heterocycles. The molecule has 40 heavy (non-hydrogen) atoms. The average molecular weight is 553 g/mol. The summed E-state index contributed by atoms with van der Waals surface area (Å²) in [5, 5.41) is 10.6. The van der Waals surface area contributed by atoms with Crippen molar-refractivity contribution in [2.75, 3.05) is 19.8 Å². The summed E-state index contributed by atoms with van der Waals surface area (Å²) in [5.74, 6) is 0.952. The predicted octanol–water partition coefficient (Wildman–Crippen LogP) is 6.19. The zero-order valence-corrected chi connectivity index (χ0v) is 24.1. The summed E-state index contributed by atoms with van der Waals surface area (Å²) in [6.45, 7) is 9.97. The third-order valence-electron chi connectivity index (χ3n) is 6.65. The van der Waals surface area contributed by atoms with Crippen LogP contribution in [-0.4, -0.2) is 48.1 Å². The van der Waals surface area contributed by atoms with Gasteiger partial charge in [-0.25, -0.2) is 4.79 Å². The highest BCUT2D eigenvalue weighted by atomic mass is 16.5. The molecule has 0 amide bonds. The number of ketones is 2. The molecule has 2 aromatic rings. The maximum atomic E-state index is 13.0. The van der Waals surface area contributed by atoms with Crippen molar-refractivity contribution in [3.8, 4) is 23.0 Å². The Labute approximate surface area is 236 Å². The number of fused-ring (bicyclic) bond motifs is 1. The largest absolute Gasteiger partial charge is 0.507 e. The predicted molar refractivity (Wildman–Crippen MR) is 152 cm³/mol. The van der Waals surface area contributed by atoms with E-state index in [1.807, 2.05) is 13.8 Å². The van der Waals surface area contributed by atoms with Crippen LogP contribution < -0.4 is 14.2 Å². The first-order chi connectivity index (χ1) is 19.1. The first kappa shape index (κ1) is 30.7. The van der Waals surface area contributed by atoms with Crippen molar-refractivity contribution in [1.29, 1.82) is 0 Å². The lowest BCUT2D eigenvalue weighted by molar-refractivity contribution is -0.137. The molecule has 0 fully saturated rings. The van der Waals surface area contributed by atoms with Crippen molar-refractivity contribution in [3.05, 3.63) is 58.7 Å². The smallest absolute Gasteiger partial charge is 0.330 e. The second kappa shape index (κ2) is 14.0. The minimum Gasteiger partial charge on any atom is -0.507 e. The number of phenols is 1. The monoisotopic (exact) mass is 552 g/mol. The van der Waals surface area contributed by atoms with E-state index in [4.69, 9.17) is 18.9 Å². The standard InChI is InChI=1S/C32H40O8/c1-6-10-24-27(14-12-22(21(4)33)30(24)36)38-18-9-19-39-28-15-13-23-26(34)20-32(5,17-16-29(35)37-8-3)40-31(23)25(28)11-7-2/h12-17,36H,6-11,18-20H2,1-5H3. The SMILES string of the molecule is CCCc1c(OCCCOc2ccc3c(c2CCC)OC(C)(C=CC(=O)OCC)CC3=O)ccc(C(C)=O)c1O. The highest BCUT2D eigenvalue weighted by molar-refractivity contribution is 6.01. The van der Waals surface area contributed by atoms with Gasteiger partial charge < -0.3 is 24.1 Å². The zero-order chi connectivity index (χ0) is 29.3. The van der Waals surface area contributed by atoms with Crippen LogP contribution in [0.1, 0.15) is 92.1 Å². The lowest BCUT2D eigenvalue weighted by Crippen LogP contribution is -2.38. The van der Waals surface area contributed by atoms with Crippen molar-refractivity contribution in [3.63, 3.8) is 0 Å². The molecule has 1 atom stereocenters. The summed E-state index contributed by atoms with van der Waals surface area (Å²) in [6, 6.07) is 6.85. The molecule has 8 nitrogen and oxygen atoms in total. The lowest BCUT2D eigenvalue weighted by Gasteiger charge is -2.34. The number of rotatable bonds is 14. The van der Waals surface area contributed by atoms with Gasteiger partial charge in [-0.3, -0.25) is 9.59 Å². The van der Waals surface area contributed by atoms with Gasteiger partial charge in [0, 0.05) is 23.6 Å². The van der Waals surface area contributed by atoms with Gasteiger partial charge in [0.15, 0.2) is 11.6 Å². The summed E-state index contributed by atoms with van der Waals surface area (Å²) >= 11 is 0. The fourth-order valence-corrected chi connectivity index (χ4v) is 4.73. The Kier molecular flexibility index (Phi) is 10.8. The number of aromatic hydroxyl groups is 1. The van der Waals surface area contributed by atoms with Crippen LogP contribution in [0.15, 0.2) is 36.4 Å². The molecule has 3 rings (SSSR count). The molecule has 1 N–H and O–H groups in total. The Balaban J connectivity index is 1.71. The maximum absolute atomic E-state index is 13.0. The summed E-state index contributed by atoms with van der Waals surface area (Å²) in [4.78, 5) is 36.7. The number of benzene rings is 2. The van der Waals surface area contributed by atoms with Gasteiger partial charge in [-0.15, -0.1) is 0 Å². The maximum Gasteiger partial charge on any atom is 0.330 e. The van der Waals surface area contributed by atoms with Crippen LogP contribution >= 0.6 is 0 Å². The van der Waals surface area contributed by atoms with Crippen molar-refractivity contribution < 1.29 is 38.4 Å². The van der Waals surface area contributed by atoms with Crippen molar-refractivity contribution in [1.82, 2.24) is 0 Å². The van der Waals surface area contributed by atoms with Crippen LogP contribution in [0.5, 0.6) is 23.0 Å². The summed E-state index contributed by atoms with van der Waals surface area (Å²) in [5.41, 5.74) is 1.28. The van der Waals surface area contributed by atoms with E-state index in [0.717, 1.165) is 18.4 Å². The molecule has 0 aliphatic carbocycles. The minimum absolute atomic E-state index is 0.0139. The molecule has 0 spiro atoms. The molecule has 2 aromatic carbocycles. The Morgan fingerprint density at radius 1 is 1.00 bits per heavy atom. The highest BCUT2D eigenvalue weighted by Crippen LogP contribution is 2.41. The molecular weight excluding hydrogens is 512 g/mol. The van der Waals surface area contributed by atoms with Crippen LogP contribution in [0.25, 0.3) is 0 Å². The number of esters is 1. The Morgan fingerprint density at radius 2 is 1.62 bits per heavy atom. The second-order valence-electron chi connectivity index (χ2n) is 10.1. The molecule has 0 saturated heterocycles. The van der Waals surface area contributed by atoms with E-state index in [0.29, 0.717) is 66.4 Å². The molecule has 1 aliphatic heterocycles. The third-order valence-corrected chi connectivity index (χ3v) is 6.65.